The first-order chi connectivity index (χ1) is 5.76. The highest BCUT2D eigenvalue weighted by Gasteiger charge is 2.06. The number of hydrogen-bond donors (Lipinski definition) is 1. The molecule has 0 atom stereocenters. The molecule has 7 heteroatoms. The van der Waals surface area contributed by atoms with Crippen LogP contribution in [-0.4, -0.2) is 29.4 Å². The van der Waals surface area contributed by atoms with Gasteiger partial charge in [-0.15, -0.1) is 10.2 Å². The van der Waals surface area contributed by atoms with Crippen LogP contribution in [0.25, 0.3) is 0 Å². The van der Waals surface area contributed by atoms with Gasteiger partial charge in [0, 0.05) is 0 Å². The monoisotopic (exact) mass is 187 g/mol. The van der Waals surface area contributed by atoms with E-state index in [1.54, 1.807) is 0 Å². The van der Waals surface area contributed by atoms with Crippen LogP contribution in [0.15, 0.2) is 5.51 Å². The van der Waals surface area contributed by atoms with Gasteiger partial charge in [-0.05, 0) is 0 Å². The fraction of sp³-hybridized carbons (Fsp3) is 0.200. The van der Waals surface area contributed by atoms with Gasteiger partial charge in [-0.25, -0.2) is 15.0 Å². The molecule has 0 unspecified atom stereocenters. The van der Waals surface area contributed by atoms with Gasteiger partial charge in [-0.2, -0.15) is 0 Å². The number of carbonyl (C=O) groups is 1. The summed E-state index contributed by atoms with van der Waals surface area (Å²) in [4.78, 5) is 18.9. The van der Waals surface area contributed by atoms with Crippen LogP contribution in [0.3, 0.4) is 0 Å². The zero-order valence-corrected chi connectivity index (χ0v) is 6.92. The summed E-state index contributed by atoms with van der Waals surface area (Å²) in [6.45, 7) is 0. The van der Waals surface area contributed by atoms with Gasteiger partial charge in [0.2, 0.25) is 11.1 Å². The van der Waals surface area contributed by atoms with Crippen molar-refractivity contribution in [3.8, 4) is 0 Å². The quantitative estimate of drug-likeness (QED) is 0.385. The minimum atomic E-state index is -0.433. The topological polar surface area (TPSA) is 93.0 Å². The molecule has 1 N–H and O–H groups in total. The Kier molecular flexibility index (Phi) is 5.33. The summed E-state index contributed by atoms with van der Waals surface area (Å²) in [5, 5.41) is 12.6. The molecule has 6 nitrogen and oxygen atoms in total. The number of nitrogens with zero attached hydrogens (tertiary/aromatic N) is 2. The first kappa shape index (κ1) is 10.4. The summed E-state index contributed by atoms with van der Waals surface area (Å²) in [6, 6.07) is 0. The van der Waals surface area contributed by atoms with E-state index in [0.29, 0.717) is 0 Å². The van der Waals surface area contributed by atoms with Crippen LogP contribution < -0.4 is 0 Å². The van der Waals surface area contributed by atoms with Crippen LogP contribution >= 0.6 is 11.3 Å². The van der Waals surface area contributed by atoms with Crippen LogP contribution in [0.4, 0.5) is 0 Å². The molecule has 1 aromatic rings. The molecule has 0 amide bonds. The molecule has 0 bridgehead atoms. The third kappa shape index (κ3) is 3.55. The van der Waals surface area contributed by atoms with Crippen LogP contribution in [0.1, 0.15) is 9.80 Å². The van der Waals surface area contributed by atoms with E-state index in [1.165, 1.54) is 12.6 Å². The molecule has 0 saturated carbocycles. The molecular formula is C5H5N3O3S. The van der Waals surface area contributed by atoms with Gasteiger partial charge < -0.3 is 4.74 Å². The van der Waals surface area contributed by atoms with E-state index in [1.807, 2.05) is 0 Å². The smallest absolute Gasteiger partial charge is 0.369 e. The second-order valence-corrected chi connectivity index (χ2v) is 2.17. The second kappa shape index (κ2) is 6.14. The molecule has 0 aromatic carbocycles. The van der Waals surface area contributed by atoms with E-state index < -0.39 is 5.97 Å². The van der Waals surface area contributed by atoms with Crippen molar-refractivity contribution in [2.75, 3.05) is 7.11 Å². The predicted octanol–water partition coefficient (Wildman–Crippen LogP) is 0.226. The van der Waals surface area contributed by atoms with Crippen molar-refractivity contribution in [3.63, 3.8) is 0 Å². The highest BCUT2D eigenvalue weighted by molar-refractivity contribution is 7.11. The number of rotatable bonds is 1. The van der Waals surface area contributed by atoms with Crippen molar-refractivity contribution < 1.29 is 14.3 Å². The van der Waals surface area contributed by atoms with Crippen LogP contribution in [0.5, 0.6) is 0 Å². The van der Waals surface area contributed by atoms with Gasteiger partial charge in [-0.3, -0.25) is 0 Å². The number of isocyanates is 1. The Morgan fingerprint density at radius 3 is 2.75 bits per heavy atom. The number of hydrogen-bond acceptors (Lipinski definition) is 7. The summed E-state index contributed by atoms with van der Waals surface area (Å²) in [5.41, 5.74) is 1.48. The summed E-state index contributed by atoms with van der Waals surface area (Å²) < 4.78 is 4.36. The molecular weight excluding hydrogens is 182 g/mol. The Balaban J connectivity index is 0.000000354. The molecule has 0 aliphatic heterocycles. The molecule has 1 aromatic heterocycles. The SMILES string of the molecule is COC(=O)c1nncs1.N=C=O. The Labute approximate surface area is 71.7 Å². The standard InChI is InChI=1S/C4H4N2O2S.CHNO/c1-8-4(7)3-6-5-2-9-3;2-1-3/h2H,1H3;2H. The molecule has 1 rings (SSSR count). The van der Waals surface area contributed by atoms with Crippen molar-refractivity contribution >= 4 is 23.4 Å². The minimum absolute atomic E-state index is 0.289. The summed E-state index contributed by atoms with van der Waals surface area (Å²) in [5.74, 6) is -0.433. The zero-order chi connectivity index (χ0) is 9.40. The number of methoxy groups -OCH3 is 1. The average Bonchev–Trinajstić information content (AvgIpc) is 2.56. The fourth-order valence-electron chi connectivity index (χ4n) is 0.349. The number of ether oxygens (including phenoxy) is 1. The number of aromatic nitrogens is 2. The highest BCUT2D eigenvalue weighted by atomic mass is 32.1. The summed E-state index contributed by atoms with van der Waals surface area (Å²) >= 11 is 1.16. The molecule has 0 fully saturated rings. The Hall–Kier alpha value is -1.59. The normalized spacial score (nSPS) is 7.42. The third-order valence-electron chi connectivity index (χ3n) is 0.720. The molecule has 0 spiro atoms. The number of carbonyl (C=O) groups excluding carboxylic acids is 2. The summed E-state index contributed by atoms with van der Waals surface area (Å²) in [6.07, 6.45) is 0.750. The number of esters is 1. The maximum atomic E-state index is 10.6. The lowest BCUT2D eigenvalue weighted by Crippen LogP contribution is -1.99. The maximum Gasteiger partial charge on any atom is 0.369 e. The van der Waals surface area contributed by atoms with Gasteiger partial charge in [0.15, 0.2) is 0 Å². The van der Waals surface area contributed by atoms with Gasteiger partial charge in [0.05, 0.1) is 7.11 Å². The van der Waals surface area contributed by atoms with Crippen molar-refractivity contribution in [2.45, 2.75) is 0 Å². The van der Waals surface area contributed by atoms with Crippen LogP contribution in [-0.2, 0) is 9.53 Å². The van der Waals surface area contributed by atoms with Gasteiger partial charge >= 0.3 is 5.97 Å². The first-order valence-corrected chi connectivity index (χ1v) is 3.52. The minimum Gasteiger partial charge on any atom is -0.464 e. The second-order valence-electron chi connectivity index (χ2n) is 1.34. The summed E-state index contributed by atoms with van der Waals surface area (Å²) in [7, 11) is 1.31. The van der Waals surface area contributed by atoms with E-state index in [4.69, 9.17) is 10.2 Å². The van der Waals surface area contributed by atoms with E-state index in [2.05, 4.69) is 14.9 Å². The Morgan fingerprint density at radius 2 is 2.42 bits per heavy atom. The largest absolute Gasteiger partial charge is 0.464 e. The van der Waals surface area contributed by atoms with Crippen molar-refractivity contribution in [1.82, 2.24) is 10.2 Å². The lowest BCUT2D eigenvalue weighted by Gasteiger charge is -1.87. The Bertz CT molecular complexity index is 265. The molecule has 0 aliphatic carbocycles. The molecule has 1 heterocycles. The lowest BCUT2D eigenvalue weighted by molar-refractivity contribution is 0.0599. The molecule has 12 heavy (non-hydrogen) atoms. The van der Waals surface area contributed by atoms with Gasteiger partial charge in [0.1, 0.15) is 5.51 Å². The first-order valence-electron chi connectivity index (χ1n) is 2.64. The average molecular weight is 187 g/mol. The third-order valence-corrected chi connectivity index (χ3v) is 1.39. The van der Waals surface area contributed by atoms with Gasteiger partial charge in [0.25, 0.3) is 0 Å². The van der Waals surface area contributed by atoms with Crippen molar-refractivity contribution in [3.05, 3.63) is 10.5 Å². The maximum absolute atomic E-state index is 10.6. The predicted molar refractivity (Wildman–Crippen MR) is 39.7 cm³/mol. The molecule has 0 saturated heterocycles. The Morgan fingerprint density at radius 1 is 1.83 bits per heavy atom. The number of nitrogens with one attached hydrogen (secondary N) is 1. The molecule has 0 aliphatic rings. The fourth-order valence-corrected chi connectivity index (χ4v) is 0.817. The molecule has 64 valence electrons. The van der Waals surface area contributed by atoms with E-state index in [0.717, 1.165) is 17.4 Å². The van der Waals surface area contributed by atoms with Crippen LogP contribution in [0.2, 0.25) is 0 Å². The van der Waals surface area contributed by atoms with E-state index in [9.17, 15) is 4.79 Å². The van der Waals surface area contributed by atoms with E-state index in [-0.39, 0.29) is 5.01 Å². The van der Waals surface area contributed by atoms with Crippen molar-refractivity contribution in [1.29, 1.82) is 5.41 Å². The lowest BCUT2D eigenvalue weighted by atomic mass is 10.7. The van der Waals surface area contributed by atoms with Crippen molar-refractivity contribution in [2.24, 2.45) is 0 Å². The van der Waals surface area contributed by atoms with Crippen LogP contribution in [0, 0.1) is 5.41 Å². The zero-order valence-electron chi connectivity index (χ0n) is 6.10. The van der Waals surface area contributed by atoms with E-state index >= 15 is 0 Å². The van der Waals surface area contributed by atoms with Gasteiger partial charge in [-0.1, -0.05) is 11.3 Å². The molecule has 0 radical (unpaired) electrons. The highest BCUT2D eigenvalue weighted by Crippen LogP contribution is 2.01.